The molecule has 1 atom stereocenters. The van der Waals surface area contributed by atoms with E-state index in [2.05, 4.69) is 36.2 Å². The van der Waals surface area contributed by atoms with Crippen LogP contribution in [0.2, 0.25) is 0 Å². The molecule has 0 radical (unpaired) electrons. The maximum atomic E-state index is 12.4. The minimum Gasteiger partial charge on any atom is -0.333 e. The first kappa shape index (κ1) is 13.3. The number of amides is 1. The normalized spacial score (nSPS) is 12.4. The zero-order valence-corrected chi connectivity index (χ0v) is 11.5. The number of rotatable bonds is 4. The third-order valence-electron chi connectivity index (χ3n) is 3.24. The standard InChI is InChI=1S/C15H19N3O/c1-11(2)14(12-7-5-4-6-8-12)18(3)15(19)13-9-10-16-17-13/h4-11,14H,1-3H3,(H,16,17)/t14-/m0/s1. The Morgan fingerprint density at radius 3 is 2.42 bits per heavy atom. The van der Waals surface area contributed by atoms with Crippen LogP contribution in [-0.2, 0) is 0 Å². The number of carbonyl (C=O) groups excluding carboxylic acids is 1. The van der Waals surface area contributed by atoms with E-state index in [9.17, 15) is 4.79 Å². The molecule has 1 aromatic heterocycles. The fourth-order valence-corrected chi connectivity index (χ4v) is 2.40. The molecule has 19 heavy (non-hydrogen) atoms. The van der Waals surface area contributed by atoms with E-state index in [1.165, 1.54) is 0 Å². The molecule has 4 heteroatoms. The van der Waals surface area contributed by atoms with Gasteiger partial charge in [-0.1, -0.05) is 44.2 Å². The first-order valence-electron chi connectivity index (χ1n) is 6.42. The number of nitrogens with one attached hydrogen (secondary N) is 1. The quantitative estimate of drug-likeness (QED) is 0.915. The average molecular weight is 257 g/mol. The van der Waals surface area contributed by atoms with E-state index in [1.54, 1.807) is 17.2 Å². The summed E-state index contributed by atoms with van der Waals surface area (Å²) in [5, 5.41) is 6.55. The Hall–Kier alpha value is -2.10. The van der Waals surface area contributed by atoms with Gasteiger partial charge in [0.05, 0.1) is 6.04 Å². The van der Waals surface area contributed by atoms with Crippen molar-refractivity contribution < 1.29 is 4.79 Å². The number of H-pyrrole nitrogens is 1. The molecule has 1 amide bonds. The Kier molecular flexibility index (Phi) is 4.00. The highest BCUT2D eigenvalue weighted by molar-refractivity contribution is 5.92. The summed E-state index contributed by atoms with van der Waals surface area (Å²) >= 11 is 0. The van der Waals surface area contributed by atoms with Gasteiger partial charge in [-0.25, -0.2) is 0 Å². The molecule has 2 rings (SSSR count). The van der Waals surface area contributed by atoms with Gasteiger partial charge >= 0.3 is 0 Å². The molecular weight excluding hydrogens is 238 g/mol. The summed E-state index contributed by atoms with van der Waals surface area (Å²) in [4.78, 5) is 14.2. The van der Waals surface area contributed by atoms with Crippen LogP contribution in [-0.4, -0.2) is 28.1 Å². The van der Waals surface area contributed by atoms with E-state index >= 15 is 0 Å². The van der Waals surface area contributed by atoms with Gasteiger partial charge in [0.2, 0.25) is 0 Å². The van der Waals surface area contributed by atoms with E-state index in [0.717, 1.165) is 5.56 Å². The highest BCUT2D eigenvalue weighted by Crippen LogP contribution is 2.28. The summed E-state index contributed by atoms with van der Waals surface area (Å²) in [5.74, 6) is 0.291. The van der Waals surface area contributed by atoms with Crippen LogP contribution >= 0.6 is 0 Å². The maximum absolute atomic E-state index is 12.4. The average Bonchev–Trinajstić information content (AvgIpc) is 2.92. The lowest BCUT2D eigenvalue weighted by molar-refractivity contribution is 0.0681. The predicted octanol–water partition coefficient (Wildman–Crippen LogP) is 2.88. The molecule has 2 aromatic rings. The van der Waals surface area contributed by atoms with Crippen molar-refractivity contribution in [3.05, 3.63) is 53.9 Å². The van der Waals surface area contributed by atoms with Gasteiger partial charge in [0.15, 0.2) is 0 Å². The van der Waals surface area contributed by atoms with Gasteiger partial charge in [0, 0.05) is 13.2 Å². The van der Waals surface area contributed by atoms with E-state index in [1.807, 2.05) is 25.2 Å². The Morgan fingerprint density at radius 2 is 1.89 bits per heavy atom. The number of aromatic amines is 1. The smallest absolute Gasteiger partial charge is 0.272 e. The van der Waals surface area contributed by atoms with Crippen LogP contribution in [0.1, 0.15) is 35.9 Å². The van der Waals surface area contributed by atoms with Gasteiger partial charge in [0.25, 0.3) is 5.91 Å². The fourth-order valence-electron chi connectivity index (χ4n) is 2.40. The molecule has 0 spiro atoms. The lowest BCUT2D eigenvalue weighted by Crippen LogP contribution is -2.34. The molecule has 100 valence electrons. The molecule has 1 N–H and O–H groups in total. The summed E-state index contributed by atoms with van der Waals surface area (Å²) in [6.45, 7) is 4.24. The van der Waals surface area contributed by atoms with Gasteiger partial charge in [-0.05, 0) is 17.5 Å². The zero-order valence-electron chi connectivity index (χ0n) is 11.5. The summed E-state index contributed by atoms with van der Waals surface area (Å²) in [7, 11) is 1.83. The topological polar surface area (TPSA) is 49.0 Å². The largest absolute Gasteiger partial charge is 0.333 e. The van der Waals surface area contributed by atoms with Crippen LogP contribution in [0.3, 0.4) is 0 Å². The Bertz CT molecular complexity index is 520. The molecule has 0 aliphatic heterocycles. The number of benzene rings is 1. The molecule has 0 saturated heterocycles. The van der Waals surface area contributed by atoms with Crippen LogP contribution in [0.5, 0.6) is 0 Å². The van der Waals surface area contributed by atoms with E-state index in [0.29, 0.717) is 11.6 Å². The van der Waals surface area contributed by atoms with Crippen LogP contribution in [0, 0.1) is 5.92 Å². The van der Waals surface area contributed by atoms with Crippen LogP contribution in [0.15, 0.2) is 42.6 Å². The monoisotopic (exact) mass is 257 g/mol. The van der Waals surface area contributed by atoms with Gasteiger partial charge in [-0.3, -0.25) is 9.89 Å². The summed E-state index contributed by atoms with van der Waals surface area (Å²) < 4.78 is 0. The molecule has 0 saturated carbocycles. The van der Waals surface area contributed by atoms with E-state index in [4.69, 9.17) is 0 Å². The van der Waals surface area contributed by atoms with Crippen LogP contribution < -0.4 is 0 Å². The first-order valence-corrected chi connectivity index (χ1v) is 6.42. The van der Waals surface area contributed by atoms with Crippen molar-refractivity contribution in [2.24, 2.45) is 5.92 Å². The number of aromatic nitrogens is 2. The van der Waals surface area contributed by atoms with Gasteiger partial charge in [-0.15, -0.1) is 0 Å². The van der Waals surface area contributed by atoms with E-state index in [-0.39, 0.29) is 11.9 Å². The van der Waals surface area contributed by atoms with Crippen molar-refractivity contribution in [2.45, 2.75) is 19.9 Å². The van der Waals surface area contributed by atoms with Crippen molar-refractivity contribution in [1.29, 1.82) is 0 Å². The second-order valence-corrected chi connectivity index (χ2v) is 4.99. The van der Waals surface area contributed by atoms with Crippen molar-refractivity contribution in [2.75, 3.05) is 7.05 Å². The highest BCUT2D eigenvalue weighted by Gasteiger charge is 2.25. The number of carbonyl (C=O) groups is 1. The molecule has 0 aliphatic carbocycles. The summed E-state index contributed by atoms with van der Waals surface area (Å²) in [5.41, 5.74) is 1.66. The minimum absolute atomic E-state index is 0.0416. The number of hydrogen-bond donors (Lipinski definition) is 1. The summed E-state index contributed by atoms with van der Waals surface area (Å²) in [6, 6.07) is 11.8. The lowest BCUT2D eigenvalue weighted by Gasteiger charge is -2.31. The minimum atomic E-state index is -0.0416. The van der Waals surface area contributed by atoms with Gasteiger partial charge in [0.1, 0.15) is 5.69 Å². The molecule has 1 aromatic carbocycles. The number of hydrogen-bond acceptors (Lipinski definition) is 2. The fraction of sp³-hybridized carbons (Fsp3) is 0.333. The summed E-state index contributed by atoms with van der Waals surface area (Å²) in [6.07, 6.45) is 1.59. The molecule has 4 nitrogen and oxygen atoms in total. The molecule has 0 unspecified atom stereocenters. The Morgan fingerprint density at radius 1 is 1.21 bits per heavy atom. The second kappa shape index (κ2) is 5.69. The molecule has 0 bridgehead atoms. The lowest BCUT2D eigenvalue weighted by atomic mass is 9.94. The van der Waals surface area contributed by atoms with Gasteiger partial charge in [-0.2, -0.15) is 5.10 Å². The van der Waals surface area contributed by atoms with Crippen molar-refractivity contribution in [3.8, 4) is 0 Å². The maximum Gasteiger partial charge on any atom is 0.272 e. The number of nitrogens with zero attached hydrogens (tertiary/aromatic N) is 2. The van der Waals surface area contributed by atoms with Crippen molar-refractivity contribution >= 4 is 5.91 Å². The molecule has 0 aliphatic rings. The van der Waals surface area contributed by atoms with Crippen molar-refractivity contribution in [3.63, 3.8) is 0 Å². The SMILES string of the molecule is CC(C)[C@@H](c1ccccc1)N(C)C(=O)c1ccn[nH]1. The van der Waals surface area contributed by atoms with Gasteiger partial charge < -0.3 is 4.90 Å². The highest BCUT2D eigenvalue weighted by atomic mass is 16.2. The predicted molar refractivity (Wildman–Crippen MR) is 74.7 cm³/mol. The third kappa shape index (κ3) is 2.84. The second-order valence-electron chi connectivity index (χ2n) is 4.99. The van der Waals surface area contributed by atoms with Crippen LogP contribution in [0.25, 0.3) is 0 Å². The first-order chi connectivity index (χ1) is 9.11. The Labute approximate surface area is 113 Å². The molecule has 0 fully saturated rings. The molecule has 1 heterocycles. The zero-order chi connectivity index (χ0) is 13.8. The van der Waals surface area contributed by atoms with Crippen molar-refractivity contribution in [1.82, 2.24) is 15.1 Å². The van der Waals surface area contributed by atoms with E-state index < -0.39 is 0 Å². The van der Waals surface area contributed by atoms with Crippen LogP contribution in [0.4, 0.5) is 0 Å². The Balaban J connectivity index is 2.27. The third-order valence-corrected chi connectivity index (χ3v) is 3.24. The molecular formula is C15H19N3O.